The van der Waals surface area contributed by atoms with Gasteiger partial charge in [0.15, 0.2) is 17.5 Å². The number of ketones is 2. The minimum atomic E-state index is -0.992. The Balaban J connectivity index is 2.82. The normalized spacial score (nSPS) is 28.7. The molecule has 0 bridgehead atoms. The second kappa shape index (κ2) is 3.53. The van der Waals surface area contributed by atoms with E-state index in [9.17, 15) is 9.59 Å². The van der Waals surface area contributed by atoms with Crippen LogP contribution < -0.4 is 0 Å². The summed E-state index contributed by atoms with van der Waals surface area (Å²) in [7, 11) is 0. The molecule has 0 radical (unpaired) electrons. The zero-order chi connectivity index (χ0) is 10.9. The average molecular weight is 193 g/mol. The molecule has 0 atom stereocenters. The van der Waals surface area contributed by atoms with Gasteiger partial charge in [-0.3, -0.25) is 9.59 Å². The summed E-state index contributed by atoms with van der Waals surface area (Å²) in [6, 6.07) is 1.78. The van der Waals surface area contributed by atoms with E-state index in [1.807, 2.05) is 20.8 Å². The lowest BCUT2D eigenvalue weighted by Gasteiger charge is -2.33. The molecule has 0 heterocycles. The molecular formula is C11H15NO2. The van der Waals surface area contributed by atoms with Crippen LogP contribution in [0.4, 0.5) is 0 Å². The van der Waals surface area contributed by atoms with Gasteiger partial charge in [0.1, 0.15) is 0 Å². The zero-order valence-electron chi connectivity index (χ0n) is 8.83. The molecule has 0 saturated heterocycles. The van der Waals surface area contributed by atoms with Gasteiger partial charge >= 0.3 is 0 Å². The van der Waals surface area contributed by atoms with Crippen molar-refractivity contribution in [3.05, 3.63) is 0 Å². The van der Waals surface area contributed by atoms with Crippen molar-refractivity contribution < 1.29 is 9.59 Å². The Morgan fingerprint density at radius 3 is 1.93 bits per heavy atom. The third-order valence-electron chi connectivity index (χ3n) is 2.89. The zero-order valence-corrected chi connectivity index (χ0v) is 8.83. The number of nitrogens with zero attached hydrogens (tertiary/aromatic N) is 1. The summed E-state index contributed by atoms with van der Waals surface area (Å²) in [5, 5.41) is 8.63. The molecule has 0 N–H and O–H groups in total. The molecule has 1 saturated carbocycles. The number of carbonyl (C=O) groups excluding carboxylic acids is 2. The van der Waals surface area contributed by atoms with E-state index in [-0.39, 0.29) is 22.9 Å². The molecular weight excluding hydrogens is 178 g/mol. The van der Waals surface area contributed by atoms with Crippen LogP contribution in [0.1, 0.15) is 33.6 Å². The van der Waals surface area contributed by atoms with Crippen molar-refractivity contribution in [1.29, 1.82) is 5.26 Å². The summed E-state index contributed by atoms with van der Waals surface area (Å²) in [6.45, 7) is 6.06. The predicted octanol–water partition coefficient (Wildman–Crippen LogP) is 1.72. The molecule has 1 rings (SSSR count). The number of hydrogen-bond acceptors (Lipinski definition) is 3. The van der Waals surface area contributed by atoms with Crippen LogP contribution in [0.3, 0.4) is 0 Å². The highest BCUT2D eigenvalue weighted by Gasteiger charge is 2.39. The molecule has 0 aromatic heterocycles. The van der Waals surface area contributed by atoms with E-state index in [4.69, 9.17) is 5.26 Å². The van der Waals surface area contributed by atoms with Gasteiger partial charge in [-0.25, -0.2) is 0 Å². The fourth-order valence-electron chi connectivity index (χ4n) is 1.73. The van der Waals surface area contributed by atoms with Crippen LogP contribution in [-0.4, -0.2) is 11.6 Å². The van der Waals surface area contributed by atoms with E-state index in [2.05, 4.69) is 0 Å². The minimum Gasteiger partial charge on any atom is -0.298 e. The monoisotopic (exact) mass is 193 g/mol. The van der Waals surface area contributed by atoms with Gasteiger partial charge < -0.3 is 0 Å². The number of nitriles is 1. The Kier molecular flexibility index (Phi) is 2.75. The molecule has 1 fully saturated rings. The Bertz CT molecular complexity index is 288. The Morgan fingerprint density at radius 2 is 1.64 bits per heavy atom. The first kappa shape index (κ1) is 10.9. The molecule has 76 valence electrons. The third kappa shape index (κ3) is 2.01. The lowest BCUT2D eigenvalue weighted by Crippen LogP contribution is -2.37. The summed E-state index contributed by atoms with van der Waals surface area (Å²) < 4.78 is 0. The first-order valence-electron chi connectivity index (χ1n) is 4.81. The van der Waals surface area contributed by atoms with Crippen molar-refractivity contribution in [2.24, 2.45) is 17.3 Å². The molecule has 0 aliphatic heterocycles. The minimum absolute atomic E-state index is 0.0360. The predicted molar refractivity (Wildman–Crippen MR) is 51.3 cm³/mol. The number of rotatable bonds is 0. The molecule has 3 heteroatoms. The SMILES string of the molecule is CC(C)(C)C1CC(=O)C(C#N)C(=O)C1. The highest BCUT2D eigenvalue weighted by molar-refractivity contribution is 6.07. The highest BCUT2D eigenvalue weighted by Crippen LogP contribution is 2.36. The Hall–Kier alpha value is -1.17. The first-order chi connectivity index (χ1) is 6.36. The van der Waals surface area contributed by atoms with Crippen molar-refractivity contribution in [2.45, 2.75) is 33.6 Å². The topological polar surface area (TPSA) is 57.9 Å². The van der Waals surface area contributed by atoms with Gasteiger partial charge in [0.2, 0.25) is 0 Å². The quantitative estimate of drug-likeness (QED) is 0.550. The molecule has 0 amide bonds. The maximum Gasteiger partial charge on any atom is 0.163 e. The second-order valence-electron chi connectivity index (χ2n) is 4.97. The maximum absolute atomic E-state index is 11.4. The Morgan fingerprint density at radius 1 is 1.21 bits per heavy atom. The van der Waals surface area contributed by atoms with Crippen molar-refractivity contribution >= 4 is 11.6 Å². The number of hydrogen-bond donors (Lipinski definition) is 0. The molecule has 0 unspecified atom stereocenters. The highest BCUT2D eigenvalue weighted by atomic mass is 16.2. The first-order valence-corrected chi connectivity index (χ1v) is 4.81. The molecule has 0 aromatic carbocycles. The van der Waals surface area contributed by atoms with Crippen LogP contribution >= 0.6 is 0 Å². The van der Waals surface area contributed by atoms with E-state index in [1.54, 1.807) is 6.07 Å². The van der Waals surface area contributed by atoms with Crippen molar-refractivity contribution in [3.63, 3.8) is 0 Å². The number of carbonyl (C=O) groups is 2. The summed E-state index contributed by atoms with van der Waals surface area (Å²) >= 11 is 0. The van der Waals surface area contributed by atoms with E-state index >= 15 is 0 Å². The van der Waals surface area contributed by atoms with Crippen molar-refractivity contribution in [3.8, 4) is 6.07 Å². The van der Waals surface area contributed by atoms with E-state index in [0.717, 1.165) is 0 Å². The summed E-state index contributed by atoms with van der Waals surface area (Å²) in [6.07, 6.45) is 0.737. The largest absolute Gasteiger partial charge is 0.298 e. The van der Waals surface area contributed by atoms with Crippen LogP contribution in [0, 0.1) is 28.6 Å². The lowest BCUT2D eigenvalue weighted by atomic mass is 9.69. The van der Waals surface area contributed by atoms with E-state index in [1.165, 1.54) is 0 Å². The summed E-state index contributed by atoms with van der Waals surface area (Å²) in [5.41, 5.74) is -0.0360. The fourth-order valence-corrected chi connectivity index (χ4v) is 1.73. The van der Waals surface area contributed by atoms with Crippen LogP contribution in [0.5, 0.6) is 0 Å². The summed E-state index contributed by atoms with van der Waals surface area (Å²) in [5.74, 6) is -1.31. The standard InChI is InChI=1S/C11H15NO2/c1-11(2,3)7-4-9(13)8(6-12)10(14)5-7/h7-8H,4-5H2,1-3H3. The van der Waals surface area contributed by atoms with Crippen LogP contribution in [0.2, 0.25) is 0 Å². The van der Waals surface area contributed by atoms with Gasteiger partial charge in [-0.15, -0.1) is 0 Å². The van der Waals surface area contributed by atoms with Crippen LogP contribution in [0.25, 0.3) is 0 Å². The molecule has 1 aliphatic carbocycles. The van der Waals surface area contributed by atoms with Gasteiger partial charge in [-0.2, -0.15) is 5.26 Å². The molecule has 3 nitrogen and oxygen atoms in total. The lowest BCUT2D eigenvalue weighted by molar-refractivity contribution is -0.136. The van der Waals surface area contributed by atoms with Gasteiger partial charge in [-0.1, -0.05) is 20.8 Å². The smallest absolute Gasteiger partial charge is 0.163 e. The van der Waals surface area contributed by atoms with Gasteiger partial charge in [-0.05, 0) is 11.3 Å². The summed E-state index contributed by atoms with van der Waals surface area (Å²) in [4.78, 5) is 22.9. The van der Waals surface area contributed by atoms with Crippen molar-refractivity contribution in [1.82, 2.24) is 0 Å². The van der Waals surface area contributed by atoms with Crippen molar-refractivity contribution in [2.75, 3.05) is 0 Å². The maximum atomic E-state index is 11.4. The average Bonchev–Trinajstić information content (AvgIpc) is 2.01. The second-order valence-corrected chi connectivity index (χ2v) is 4.97. The Labute approximate surface area is 84.1 Å². The molecule has 0 aromatic rings. The molecule has 14 heavy (non-hydrogen) atoms. The van der Waals surface area contributed by atoms with Crippen LogP contribution in [0.15, 0.2) is 0 Å². The van der Waals surface area contributed by atoms with Gasteiger partial charge in [0.05, 0.1) is 6.07 Å². The fraction of sp³-hybridized carbons (Fsp3) is 0.727. The van der Waals surface area contributed by atoms with E-state index in [0.29, 0.717) is 12.8 Å². The van der Waals surface area contributed by atoms with Gasteiger partial charge in [0.25, 0.3) is 0 Å². The number of Topliss-reactive ketones (excluding diaryl/α,β-unsaturated/α-hetero) is 2. The third-order valence-corrected chi connectivity index (χ3v) is 2.89. The molecule has 1 aliphatic rings. The van der Waals surface area contributed by atoms with Crippen LogP contribution in [-0.2, 0) is 9.59 Å². The van der Waals surface area contributed by atoms with Gasteiger partial charge in [0, 0.05) is 12.8 Å². The van der Waals surface area contributed by atoms with E-state index < -0.39 is 5.92 Å². The molecule has 0 spiro atoms.